The van der Waals surface area contributed by atoms with Gasteiger partial charge in [0, 0.05) is 19.6 Å². The number of hydrogen-bond donors (Lipinski definition) is 0. The van der Waals surface area contributed by atoms with Crippen LogP contribution in [-0.4, -0.2) is 49.6 Å². The summed E-state index contributed by atoms with van der Waals surface area (Å²) in [6.45, 7) is 12.0. The van der Waals surface area contributed by atoms with E-state index in [2.05, 4.69) is 30.4 Å². The Bertz CT molecular complexity index is 154. The van der Waals surface area contributed by atoms with Crippen molar-refractivity contribution < 1.29 is 0 Å². The fourth-order valence-corrected chi connectivity index (χ4v) is 1.64. The molecule has 0 aliphatic carbocycles. The van der Waals surface area contributed by atoms with Gasteiger partial charge >= 0.3 is 0 Å². The third-order valence-electron chi connectivity index (χ3n) is 2.31. The van der Waals surface area contributed by atoms with Crippen molar-refractivity contribution in [3.63, 3.8) is 0 Å². The van der Waals surface area contributed by atoms with Crippen molar-refractivity contribution in [2.75, 3.05) is 39.8 Å². The molecule has 1 saturated heterocycles. The summed E-state index contributed by atoms with van der Waals surface area (Å²) in [5, 5.41) is 0. The van der Waals surface area contributed by atoms with E-state index in [0.717, 1.165) is 6.54 Å². The molecule has 0 N–H and O–H groups in total. The molecule has 1 fully saturated rings. The molecule has 2 nitrogen and oxygen atoms in total. The zero-order valence-electron chi connectivity index (χ0n) is 8.34. The van der Waals surface area contributed by atoms with Gasteiger partial charge in [0.2, 0.25) is 0 Å². The average molecular weight is 168 g/mol. The lowest BCUT2D eigenvalue weighted by molar-refractivity contribution is 0.295. The second-order valence-electron chi connectivity index (χ2n) is 3.89. The van der Waals surface area contributed by atoms with E-state index in [-0.39, 0.29) is 0 Å². The normalized spacial score (nSPS) is 22.2. The average Bonchev–Trinajstić information content (AvgIpc) is 2.15. The third-order valence-corrected chi connectivity index (χ3v) is 2.31. The molecule has 0 aromatic carbocycles. The molecule has 1 rings (SSSR count). The molecule has 2 heteroatoms. The summed E-state index contributed by atoms with van der Waals surface area (Å²) in [6.07, 6.45) is 1.30. The SMILES string of the molecule is C=C(C)CN1CCCN(C)CC1. The van der Waals surface area contributed by atoms with Crippen LogP contribution in [0.15, 0.2) is 12.2 Å². The molecule has 0 atom stereocenters. The third kappa shape index (κ3) is 3.37. The molecule has 0 aromatic heterocycles. The van der Waals surface area contributed by atoms with E-state index >= 15 is 0 Å². The Labute approximate surface area is 75.8 Å². The molecule has 0 saturated carbocycles. The highest BCUT2D eigenvalue weighted by Crippen LogP contribution is 2.02. The summed E-state index contributed by atoms with van der Waals surface area (Å²) in [5.41, 5.74) is 1.28. The number of likely N-dealkylation sites (N-methyl/N-ethyl adjacent to an activating group) is 1. The molecule has 12 heavy (non-hydrogen) atoms. The molecule has 70 valence electrons. The van der Waals surface area contributed by atoms with E-state index in [1.807, 2.05) is 0 Å². The summed E-state index contributed by atoms with van der Waals surface area (Å²) < 4.78 is 0. The van der Waals surface area contributed by atoms with E-state index in [1.165, 1.54) is 38.2 Å². The smallest absolute Gasteiger partial charge is 0.0187 e. The zero-order chi connectivity index (χ0) is 8.97. The lowest BCUT2D eigenvalue weighted by Crippen LogP contribution is -2.30. The van der Waals surface area contributed by atoms with Gasteiger partial charge in [-0.2, -0.15) is 0 Å². The van der Waals surface area contributed by atoms with Gasteiger partial charge in [0.15, 0.2) is 0 Å². The van der Waals surface area contributed by atoms with E-state index < -0.39 is 0 Å². The molecule has 0 unspecified atom stereocenters. The number of nitrogens with zero attached hydrogens (tertiary/aromatic N) is 2. The van der Waals surface area contributed by atoms with Gasteiger partial charge in [0.1, 0.15) is 0 Å². The Hall–Kier alpha value is -0.340. The first-order valence-electron chi connectivity index (χ1n) is 4.74. The van der Waals surface area contributed by atoms with Gasteiger partial charge < -0.3 is 4.90 Å². The van der Waals surface area contributed by atoms with Crippen molar-refractivity contribution in [3.05, 3.63) is 12.2 Å². The molecule has 1 heterocycles. The number of rotatable bonds is 2. The summed E-state index contributed by atoms with van der Waals surface area (Å²) in [6, 6.07) is 0. The van der Waals surface area contributed by atoms with Crippen molar-refractivity contribution in [2.45, 2.75) is 13.3 Å². The first kappa shape index (κ1) is 9.75. The maximum Gasteiger partial charge on any atom is 0.0187 e. The maximum atomic E-state index is 3.94. The quantitative estimate of drug-likeness (QED) is 0.572. The lowest BCUT2D eigenvalue weighted by atomic mass is 10.3. The molecule has 0 spiro atoms. The van der Waals surface area contributed by atoms with Gasteiger partial charge in [-0.05, 0) is 33.5 Å². The highest BCUT2D eigenvalue weighted by atomic mass is 15.2. The van der Waals surface area contributed by atoms with Crippen LogP contribution in [0.3, 0.4) is 0 Å². The minimum atomic E-state index is 1.08. The van der Waals surface area contributed by atoms with Crippen LogP contribution in [-0.2, 0) is 0 Å². The van der Waals surface area contributed by atoms with Crippen LogP contribution in [0.5, 0.6) is 0 Å². The van der Waals surface area contributed by atoms with Crippen molar-refractivity contribution >= 4 is 0 Å². The molecule has 1 aliphatic rings. The van der Waals surface area contributed by atoms with Crippen LogP contribution in [0.2, 0.25) is 0 Å². The Morgan fingerprint density at radius 2 is 2.00 bits per heavy atom. The lowest BCUT2D eigenvalue weighted by Gasteiger charge is -2.19. The summed E-state index contributed by atoms with van der Waals surface area (Å²) >= 11 is 0. The fraction of sp³-hybridized carbons (Fsp3) is 0.800. The Kier molecular flexibility index (Phi) is 3.76. The van der Waals surface area contributed by atoms with Crippen molar-refractivity contribution in [1.82, 2.24) is 9.80 Å². The van der Waals surface area contributed by atoms with Gasteiger partial charge in [-0.1, -0.05) is 12.2 Å². The fourth-order valence-electron chi connectivity index (χ4n) is 1.64. The van der Waals surface area contributed by atoms with E-state index in [1.54, 1.807) is 0 Å². The topological polar surface area (TPSA) is 6.48 Å². The van der Waals surface area contributed by atoms with Gasteiger partial charge in [-0.3, -0.25) is 4.90 Å². The Morgan fingerprint density at radius 1 is 1.25 bits per heavy atom. The van der Waals surface area contributed by atoms with Crippen molar-refractivity contribution in [3.8, 4) is 0 Å². The van der Waals surface area contributed by atoms with Crippen LogP contribution in [0.4, 0.5) is 0 Å². The first-order valence-corrected chi connectivity index (χ1v) is 4.74. The predicted octanol–water partition coefficient (Wildman–Crippen LogP) is 1.20. The highest BCUT2D eigenvalue weighted by molar-refractivity contribution is 4.92. The molecule has 0 bridgehead atoms. The predicted molar refractivity (Wildman–Crippen MR) is 53.4 cm³/mol. The molecule has 0 radical (unpaired) electrons. The van der Waals surface area contributed by atoms with Gasteiger partial charge in [-0.25, -0.2) is 0 Å². The minimum Gasteiger partial charge on any atom is -0.305 e. The van der Waals surface area contributed by atoms with Crippen LogP contribution in [0, 0.1) is 0 Å². The second-order valence-corrected chi connectivity index (χ2v) is 3.89. The standard InChI is InChI=1S/C10H20N2/c1-10(2)9-12-6-4-5-11(3)7-8-12/h1,4-9H2,2-3H3. The molecular formula is C10H20N2. The van der Waals surface area contributed by atoms with E-state index in [9.17, 15) is 0 Å². The second kappa shape index (κ2) is 4.63. The molecular weight excluding hydrogens is 148 g/mol. The zero-order valence-corrected chi connectivity index (χ0v) is 8.34. The summed E-state index contributed by atoms with van der Waals surface area (Å²) in [5.74, 6) is 0. The van der Waals surface area contributed by atoms with Gasteiger partial charge in [0.05, 0.1) is 0 Å². The monoisotopic (exact) mass is 168 g/mol. The van der Waals surface area contributed by atoms with Gasteiger partial charge in [0.25, 0.3) is 0 Å². The Balaban J connectivity index is 2.30. The molecule has 1 aliphatic heterocycles. The molecule has 0 amide bonds. The van der Waals surface area contributed by atoms with Crippen LogP contribution < -0.4 is 0 Å². The van der Waals surface area contributed by atoms with E-state index in [0.29, 0.717) is 0 Å². The van der Waals surface area contributed by atoms with Crippen LogP contribution >= 0.6 is 0 Å². The van der Waals surface area contributed by atoms with Crippen LogP contribution in [0.1, 0.15) is 13.3 Å². The van der Waals surface area contributed by atoms with Crippen molar-refractivity contribution in [2.24, 2.45) is 0 Å². The van der Waals surface area contributed by atoms with E-state index in [4.69, 9.17) is 0 Å². The first-order chi connectivity index (χ1) is 5.68. The van der Waals surface area contributed by atoms with Crippen LogP contribution in [0.25, 0.3) is 0 Å². The largest absolute Gasteiger partial charge is 0.305 e. The summed E-state index contributed by atoms with van der Waals surface area (Å²) in [7, 11) is 2.20. The highest BCUT2D eigenvalue weighted by Gasteiger charge is 2.10. The molecule has 0 aromatic rings. The number of hydrogen-bond acceptors (Lipinski definition) is 2. The Morgan fingerprint density at radius 3 is 2.67 bits per heavy atom. The van der Waals surface area contributed by atoms with Gasteiger partial charge in [-0.15, -0.1) is 0 Å². The summed E-state index contributed by atoms with van der Waals surface area (Å²) in [4.78, 5) is 4.89. The van der Waals surface area contributed by atoms with Crippen molar-refractivity contribution in [1.29, 1.82) is 0 Å². The minimum absolute atomic E-state index is 1.08. The maximum absolute atomic E-state index is 3.94.